The fourth-order valence-electron chi connectivity index (χ4n) is 2.52. The molecule has 1 heterocycles. The lowest BCUT2D eigenvalue weighted by Gasteiger charge is -2.11. The van der Waals surface area contributed by atoms with E-state index in [2.05, 4.69) is 10.6 Å². The number of furan rings is 1. The average molecular weight is 401 g/mol. The number of hydrogen-bond acceptors (Lipinski definition) is 4. The molecule has 2 aromatic carbocycles. The molecule has 3 N–H and O–H groups in total. The number of amides is 1. The molecule has 0 spiro atoms. The maximum Gasteiger partial charge on any atom is 0.257 e. The van der Waals surface area contributed by atoms with Gasteiger partial charge in [-0.15, -0.1) is 0 Å². The van der Waals surface area contributed by atoms with Crippen LogP contribution < -0.4 is 10.6 Å². The normalized spacial score (nSPS) is 10.5. The zero-order chi connectivity index (χ0) is 19.4. The van der Waals surface area contributed by atoms with Crippen molar-refractivity contribution in [2.75, 3.05) is 5.32 Å². The Labute approximate surface area is 167 Å². The maximum atomic E-state index is 12.3. The highest BCUT2D eigenvalue weighted by Gasteiger charge is 2.12. The molecular formula is C20H17ClN2O3S. The second kappa shape index (κ2) is 8.35. The predicted molar refractivity (Wildman–Crippen MR) is 110 cm³/mol. The number of carbonyl (C=O) groups is 1. The molecule has 5 nitrogen and oxygen atoms in total. The number of aliphatic hydroxyl groups is 1. The second-order valence-corrected chi connectivity index (χ2v) is 6.71. The summed E-state index contributed by atoms with van der Waals surface area (Å²) in [5.41, 5.74) is 2.81. The number of rotatable bonds is 4. The van der Waals surface area contributed by atoms with E-state index in [1.165, 1.54) is 0 Å². The molecule has 0 fully saturated rings. The van der Waals surface area contributed by atoms with Gasteiger partial charge in [0.05, 0.1) is 5.02 Å². The SMILES string of the molecule is Cc1cccc(C(=O)NC(=S)Nc2ccc(Cl)c(-c3ccc(CO)o3)c2)c1. The summed E-state index contributed by atoms with van der Waals surface area (Å²) >= 11 is 11.5. The van der Waals surface area contributed by atoms with Crippen molar-refractivity contribution < 1.29 is 14.3 Å². The number of carbonyl (C=O) groups excluding carboxylic acids is 1. The van der Waals surface area contributed by atoms with Crippen LogP contribution in [0.3, 0.4) is 0 Å². The molecule has 1 amide bonds. The topological polar surface area (TPSA) is 74.5 Å². The summed E-state index contributed by atoms with van der Waals surface area (Å²) in [5, 5.41) is 15.4. The van der Waals surface area contributed by atoms with Crippen LogP contribution in [0.25, 0.3) is 11.3 Å². The number of benzene rings is 2. The molecule has 3 aromatic rings. The predicted octanol–water partition coefficient (Wildman–Crippen LogP) is 4.53. The van der Waals surface area contributed by atoms with Crippen LogP contribution in [0.15, 0.2) is 59.0 Å². The third kappa shape index (κ3) is 4.74. The largest absolute Gasteiger partial charge is 0.459 e. The van der Waals surface area contributed by atoms with Crippen LogP contribution in [0.1, 0.15) is 21.7 Å². The van der Waals surface area contributed by atoms with Crippen molar-refractivity contribution in [1.82, 2.24) is 5.32 Å². The molecule has 27 heavy (non-hydrogen) atoms. The van der Waals surface area contributed by atoms with Crippen molar-refractivity contribution in [3.63, 3.8) is 0 Å². The third-order valence-corrected chi connectivity index (χ3v) is 4.35. The highest BCUT2D eigenvalue weighted by molar-refractivity contribution is 7.80. The van der Waals surface area contributed by atoms with Gasteiger partial charge in [-0.25, -0.2) is 0 Å². The Balaban J connectivity index is 1.72. The van der Waals surface area contributed by atoms with E-state index < -0.39 is 0 Å². The number of halogens is 1. The molecule has 0 saturated heterocycles. The van der Waals surface area contributed by atoms with Crippen LogP contribution in [0, 0.1) is 6.92 Å². The van der Waals surface area contributed by atoms with Crippen molar-refractivity contribution in [3.8, 4) is 11.3 Å². The Hall–Kier alpha value is -2.67. The number of aliphatic hydroxyl groups excluding tert-OH is 1. The quantitative estimate of drug-likeness (QED) is 0.561. The Bertz CT molecular complexity index is 1000. The molecule has 3 rings (SSSR count). The van der Waals surface area contributed by atoms with E-state index in [1.54, 1.807) is 42.5 Å². The molecule has 0 atom stereocenters. The number of anilines is 1. The first-order valence-electron chi connectivity index (χ1n) is 8.15. The summed E-state index contributed by atoms with van der Waals surface area (Å²) in [6.45, 7) is 1.73. The molecular weight excluding hydrogens is 384 g/mol. The second-order valence-electron chi connectivity index (χ2n) is 5.90. The smallest absolute Gasteiger partial charge is 0.257 e. The Morgan fingerprint density at radius 2 is 2.00 bits per heavy atom. The summed E-state index contributed by atoms with van der Waals surface area (Å²) in [7, 11) is 0. The van der Waals surface area contributed by atoms with Crippen LogP contribution in [-0.4, -0.2) is 16.1 Å². The van der Waals surface area contributed by atoms with Crippen molar-refractivity contribution in [2.24, 2.45) is 0 Å². The van der Waals surface area contributed by atoms with E-state index in [-0.39, 0.29) is 17.6 Å². The van der Waals surface area contributed by atoms with Gasteiger partial charge < -0.3 is 14.8 Å². The van der Waals surface area contributed by atoms with Gasteiger partial charge in [0.15, 0.2) is 5.11 Å². The molecule has 7 heteroatoms. The lowest BCUT2D eigenvalue weighted by molar-refractivity contribution is 0.0977. The van der Waals surface area contributed by atoms with Crippen LogP contribution in [0.5, 0.6) is 0 Å². The molecule has 0 radical (unpaired) electrons. The van der Waals surface area contributed by atoms with Gasteiger partial charge in [0.2, 0.25) is 0 Å². The Morgan fingerprint density at radius 3 is 2.70 bits per heavy atom. The van der Waals surface area contributed by atoms with Gasteiger partial charge in [0.1, 0.15) is 18.1 Å². The van der Waals surface area contributed by atoms with E-state index in [4.69, 9.17) is 33.3 Å². The zero-order valence-electron chi connectivity index (χ0n) is 14.5. The molecule has 0 unspecified atom stereocenters. The van der Waals surface area contributed by atoms with Crippen LogP contribution in [-0.2, 0) is 6.61 Å². The molecule has 0 aliphatic heterocycles. The summed E-state index contributed by atoms with van der Waals surface area (Å²) in [6, 6.07) is 15.9. The van der Waals surface area contributed by atoms with Gasteiger partial charge >= 0.3 is 0 Å². The number of hydrogen-bond donors (Lipinski definition) is 3. The Kier molecular flexibility index (Phi) is 5.91. The van der Waals surface area contributed by atoms with Crippen LogP contribution in [0.4, 0.5) is 5.69 Å². The first kappa shape index (κ1) is 19.1. The molecule has 138 valence electrons. The highest BCUT2D eigenvalue weighted by Crippen LogP contribution is 2.32. The number of aryl methyl sites for hydroxylation is 1. The minimum Gasteiger partial charge on any atom is -0.459 e. The zero-order valence-corrected chi connectivity index (χ0v) is 16.0. The summed E-state index contributed by atoms with van der Waals surface area (Å²) in [5.74, 6) is 0.687. The number of nitrogens with one attached hydrogen (secondary N) is 2. The third-order valence-electron chi connectivity index (χ3n) is 3.81. The van der Waals surface area contributed by atoms with Gasteiger partial charge in [-0.05, 0) is 61.6 Å². The minimum atomic E-state index is -0.288. The monoisotopic (exact) mass is 400 g/mol. The van der Waals surface area contributed by atoms with Crippen LogP contribution >= 0.6 is 23.8 Å². The lowest BCUT2D eigenvalue weighted by atomic mass is 10.1. The average Bonchev–Trinajstić information content (AvgIpc) is 3.12. The van der Waals surface area contributed by atoms with E-state index in [0.717, 1.165) is 5.56 Å². The molecule has 0 saturated carbocycles. The van der Waals surface area contributed by atoms with Crippen molar-refractivity contribution in [2.45, 2.75) is 13.5 Å². The van der Waals surface area contributed by atoms with Crippen LogP contribution in [0.2, 0.25) is 5.02 Å². The highest BCUT2D eigenvalue weighted by atomic mass is 35.5. The minimum absolute atomic E-state index is 0.172. The first-order valence-corrected chi connectivity index (χ1v) is 8.93. The van der Waals surface area contributed by atoms with Gasteiger partial charge in [0.25, 0.3) is 5.91 Å². The van der Waals surface area contributed by atoms with Gasteiger partial charge in [-0.1, -0.05) is 29.3 Å². The van der Waals surface area contributed by atoms with E-state index in [1.807, 2.05) is 19.1 Å². The molecule has 0 aliphatic rings. The summed E-state index contributed by atoms with van der Waals surface area (Å²) < 4.78 is 5.53. The molecule has 0 aliphatic carbocycles. The van der Waals surface area contributed by atoms with Crippen molar-refractivity contribution in [1.29, 1.82) is 0 Å². The van der Waals surface area contributed by atoms with E-state index >= 15 is 0 Å². The van der Waals surface area contributed by atoms with E-state index in [0.29, 0.717) is 33.4 Å². The Morgan fingerprint density at radius 1 is 1.19 bits per heavy atom. The summed E-state index contributed by atoms with van der Waals surface area (Å²) in [6.07, 6.45) is 0. The maximum absolute atomic E-state index is 12.3. The summed E-state index contributed by atoms with van der Waals surface area (Å²) in [4.78, 5) is 12.3. The standard InChI is InChI=1S/C20H17ClN2O3S/c1-12-3-2-4-13(9-12)19(25)23-20(27)22-14-5-7-17(21)16(10-14)18-8-6-15(11-24)26-18/h2-10,24H,11H2,1H3,(H2,22,23,25,27). The van der Waals surface area contributed by atoms with Crippen molar-refractivity contribution >= 4 is 40.5 Å². The fourth-order valence-corrected chi connectivity index (χ4v) is 2.94. The van der Waals surface area contributed by atoms with E-state index in [9.17, 15) is 4.79 Å². The number of thiocarbonyl (C=S) groups is 1. The van der Waals surface area contributed by atoms with Crippen molar-refractivity contribution in [3.05, 3.63) is 76.5 Å². The molecule has 0 bridgehead atoms. The fraction of sp³-hybridized carbons (Fsp3) is 0.100. The van der Waals surface area contributed by atoms with Gasteiger partial charge in [-0.3, -0.25) is 10.1 Å². The van der Waals surface area contributed by atoms with Gasteiger partial charge in [0, 0.05) is 16.8 Å². The molecule has 1 aromatic heterocycles. The lowest BCUT2D eigenvalue weighted by Crippen LogP contribution is -2.34. The first-order chi connectivity index (χ1) is 13.0. The van der Waals surface area contributed by atoms with Gasteiger partial charge in [-0.2, -0.15) is 0 Å².